The number of para-hydroxylation sites is 1. The van der Waals surface area contributed by atoms with Crippen LogP contribution in [0.1, 0.15) is 42.8 Å². The number of amides is 1. The molecule has 0 spiro atoms. The third-order valence-corrected chi connectivity index (χ3v) is 7.06. The van der Waals surface area contributed by atoms with E-state index in [-0.39, 0.29) is 11.7 Å². The van der Waals surface area contributed by atoms with Crippen molar-refractivity contribution in [2.24, 2.45) is 0 Å². The van der Waals surface area contributed by atoms with Crippen LogP contribution in [0.2, 0.25) is 0 Å². The summed E-state index contributed by atoms with van der Waals surface area (Å²) in [5, 5.41) is 24.1. The molecule has 1 aliphatic rings. The van der Waals surface area contributed by atoms with Crippen molar-refractivity contribution in [3.8, 4) is 11.8 Å². The van der Waals surface area contributed by atoms with Crippen LogP contribution in [0.4, 0.5) is 0 Å². The number of thioether (sulfide) groups is 1. The van der Waals surface area contributed by atoms with Crippen molar-refractivity contribution < 1.29 is 4.79 Å². The van der Waals surface area contributed by atoms with Gasteiger partial charge in [-0.25, -0.2) is 0 Å². The van der Waals surface area contributed by atoms with Crippen LogP contribution in [0, 0.1) is 11.3 Å². The molecule has 1 amide bonds. The van der Waals surface area contributed by atoms with E-state index in [9.17, 15) is 10.1 Å². The Bertz CT molecular complexity index is 1020. The van der Waals surface area contributed by atoms with E-state index in [1.807, 2.05) is 41.0 Å². The van der Waals surface area contributed by atoms with Crippen LogP contribution < -0.4 is 5.32 Å². The Morgan fingerprint density at radius 1 is 1.17 bits per heavy atom. The molecule has 30 heavy (non-hydrogen) atoms. The van der Waals surface area contributed by atoms with E-state index in [1.165, 1.54) is 16.6 Å². The number of hydrogen-bond acceptors (Lipinski definition) is 6. The average Bonchev–Trinajstić information content (AvgIpc) is 3.44. The van der Waals surface area contributed by atoms with Gasteiger partial charge in [-0.2, -0.15) is 5.26 Å². The summed E-state index contributed by atoms with van der Waals surface area (Å²) in [6, 6.07) is 16.4. The van der Waals surface area contributed by atoms with Gasteiger partial charge < -0.3 is 5.32 Å². The number of rotatable bonds is 7. The molecule has 8 heteroatoms. The molecule has 1 saturated carbocycles. The molecule has 0 aliphatic heterocycles. The van der Waals surface area contributed by atoms with Gasteiger partial charge in [-0.15, -0.1) is 21.5 Å². The Labute approximate surface area is 184 Å². The molecule has 0 unspecified atom stereocenters. The van der Waals surface area contributed by atoms with E-state index in [2.05, 4.69) is 33.0 Å². The number of hydrogen-bond donors (Lipinski definition) is 1. The maximum atomic E-state index is 12.6. The fourth-order valence-corrected chi connectivity index (χ4v) is 5.24. The third kappa shape index (κ3) is 4.74. The van der Waals surface area contributed by atoms with Gasteiger partial charge in [-0.1, -0.05) is 55.3 Å². The lowest BCUT2D eigenvalue weighted by Crippen LogP contribution is -2.49. The van der Waals surface area contributed by atoms with Crippen molar-refractivity contribution in [1.82, 2.24) is 20.1 Å². The SMILES string of the molecule is N#CC1(NC(=O)CSc2nnc(Cc3cccs3)n2-c2ccccc2)CCCCC1. The lowest BCUT2D eigenvalue weighted by atomic mass is 9.83. The molecule has 3 aromatic rings. The van der Waals surface area contributed by atoms with Crippen LogP contribution in [0.5, 0.6) is 0 Å². The number of thiophene rings is 1. The van der Waals surface area contributed by atoms with Gasteiger partial charge in [0.1, 0.15) is 11.4 Å². The summed E-state index contributed by atoms with van der Waals surface area (Å²) in [5.74, 6) is 0.908. The maximum absolute atomic E-state index is 12.6. The maximum Gasteiger partial charge on any atom is 0.231 e. The van der Waals surface area contributed by atoms with Gasteiger partial charge in [-0.05, 0) is 36.4 Å². The Morgan fingerprint density at radius 3 is 2.67 bits per heavy atom. The van der Waals surface area contributed by atoms with Crippen LogP contribution in [0.3, 0.4) is 0 Å². The third-order valence-electron chi connectivity index (χ3n) is 5.26. The van der Waals surface area contributed by atoms with Crippen molar-refractivity contribution in [2.75, 3.05) is 5.75 Å². The van der Waals surface area contributed by atoms with Crippen LogP contribution >= 0.6 is 23.1 Å². The van der Waals surface area contributed by atoms with Crippen molar-refractivity contribution >= 4 is 29.0 Å². The van der Waals surface area contributed by atoms with Crippen LogP contribution in [-0.2, 0) is 11.2 Å². The van der Waals surface area contributed by atoms with Crippen LogP contribution in [-0.4, -0.2) is 32.0 Å². The first-order valence-corrected chi connectivity index (χ1v) is 11.9. The minimum absolute atomic E-state index is 0.133. The second-order valence-corrected chi connectivity index (χ2v) is 9.39. The van der Waals surface area contributed by atoms with Crippen molar-refractivity contribution in [3.05, 3.63) is 58.5 Å². The molecule has 0 saturated heterocycles. The molecule has 0 radical (unpaired) electrons. The zero-order valence-corrected chi connectivity index (χ0v) is 18.2. The predicted octanol–water partition coefficient (Wildman–Crippen LogP) is 4.35. The predicted molar refractivity (Wildman–Crippen MR) is 119 cm³/mol. The fourth-order valence-electron chi connectivity index (χ4n) is 3.77. The number of carbonyl (C=O) groups is 1. The van der Waals surface area contributed by atoms with Gasteiger partial charge >= 0.3 is 0 Å². The van der Waals surface area contributed by atoms with Gasteiger partial charge in [0.15, 0.2) is 5.16 Å². The molecule has 2 heterocycles. The van der Waals surface area contributed by atoms with E-state index in [0.717, 1.165) is 43.6 Å². The van der Waals surface area contributed by atoms with Gasteiger partial charge in [0.2, 0.25) is 5.91 Å². The molecule has 4 rings (SSSR count). The molecule has 2 aromatic heterocycles. The van der Waals surface area contributed by atoms with Crippen molar-refractivity contribution in [1.29, 1.82) is 5.26 Å². The first-order valence-electron chi connectivity index (χ1n) is 10.1. The highest BCUT2D eigenvalue weighted by molar-refractivity contribution is 7.99. The molecule has 6 nitrogen and oxygen atoms in total. The van der Waals surface area contributed by atoms with Gasteiger partial charge in [-0.3, -0.25) is 9.36 Å². The van der Waals surface area contributed by atoms with Crippen molar-refractivity contribution in [2.45, 2.75) is 49.2 Å². The average molecular weight is 438 g/mol. The Hall–Kier alpha value is -2.63. The molecule has 1 aromatic carbocycles. The van der Waals surface area contributed by atoms with Crippen LogP contribution in [0.15, 0.2) is 53.0 Å². The number of nitrogens with one attached hydrogen (secondary N) is 1. The molecule has 0 atom stereocenters. The van der Waals surface area contributed by atoms with E-state index >= 15 is 0 Å². The zero-order valence-electron chi connectivity index (χ0n) is 16.6. The topological polar surface area (TPSA) is 83.6 Å². The smallest absolute Gasteiger partial charge is 0.231 e. The summed E-state index contributed by atoms with van der Waals surface area (Å²) >= 11 is 3.04. The molecular weight excluding hydrogens is 414 g/mol. The standard InChI is InChI=1S/C22H23N5OS2/c23-16-22(11-5-2-6-12-22)24-20(28)15-30-21-26-25-19(14-18-10-7-13-29-18)27(21)17-8-3-1-4-9-17/h1,3-4,7-10,13H,2,5-6,11-12,14-15H2,(H,24,28). The van der Waals surface area contributed by atoms with E-state index in [1.54, 1.807) is 11.3 Å². The summed E-state index contributed by atoms with van der Waals surface area (Å²) in [4.78, 5) is 13.8. The molecule has 1 fully saturated rings. The van der Waals surface area contributed by atoms with Gasteiger partial charge in [0.25, 0.3) is 0 Å². The van der Waals surface area contributed by atoms with E-state index in [4.69, 9.17) is 0 Å². The number of aromatic nitrogens is 3. The minimum atomic E-state index is -0.715. The lowest BCUT2D eigenvalue weighted by molar-refractivity contribution is -0.120. The second-order valence-electron chi connectivity index (χ2n) is 7.42. The van der Waals surface area contributed by atoms with E-state index in [0.29, 0.717) is 11.6 Å². The summed E-state index contributed by atoms with van der Waals surface area (Å²) in [7, 11) is 0. The summed E-state index contributed by atoms with van der Waals surface area (Å²) in [6.07, 6.45) is 5.23. The van der Waals surface area contributed by atoms with Crippen molar-refractivity contribution in [3.63, 3.8) is 0 Å². The Balaban J connectivity index is 1.50. The Kier molecular flexibility index (Phi) is 6.50. The molecule has 0 bridgehead atoms. The van der Waals surface area contributed by atoms with Gasteiger partial charge in [0.05, 0.1) is 11.8 Å². The molecule has 154 valence electrons. The Morgan fingerprint density at radius 2 is 1.97 bits per heavy atom. The highest BCUT2D eigenvalue weighted by atomic mass is 32.2. The summed E-state index contributed by atoms with van der Waals surface area (Å²) < 4.78 is 2.01. The quantitative estimate of drug-likeness (QED) is 0.556. The highest BCUT2D eigenvalue weighted by Gasteiger charge is 2.33. The monoisotopic (exact) mass is 437 g/mol. The fraction of sp³-hybridized carbons (Fsp3) is 0.364. The summed E-state index contributed by atoms with van der Waals surface area (Å²) in [6.45, 7) is 0. The van der Waals surface area contributed by atoms with Crippen LogP contribution in [0.25, 0.3) is 5.69 Å². The zero-order chi connectivity index (χ0) is 20.8. The van der Waals surface area contributed by atoms with Gasteiger partial charge in [0, 0.05) is 17.0 Å². The first-order chi connectivity index (χ1) is 14.7. The normalized spacial score (nSPS) is 15.4. The number of nitrogens with zero attached hydrogens (tertiary/aromatic N) is 4. The first kappa shape index (κ1) is 20.6. The number of carbonyl (C=O) groups excluding carboxylic acids is 1. The van der Waals surface area contributed by atoms with E-state index < -0.39 is 5.54 Å². The minimum Gasteiger partial charge on any atom is -0.337 e. The largest absolute Gasteiger partial charge is 0.337 e. The second kappa shape index (κ2) is 9.45. The number of benzene rings is 1. The highest BCUT2D eigenvalue weighted by Crippen LogP contribution is 2.28. The number of nitriles is 1. The molecular formula is C22H23N5OS2. The summed E-state index contributed by atoms with van der Waals surface area (Å²) in [5.41, 5.74) is 0.255. The lowest BCUT2D eigenvalue weighted by Gasteiger charge is -2.31. The molecule has 1 aliphatic carbocycles. The molecule has 1 N–H and O–H groups in total.